The van der Waals surface area contributed by atoms with E-state index in [1.165, 1.54) is 47.4 Å². The van der Waals surface area contributed by atoms with E-state index in [2.05, 4.69) is 15.1 Å². The third kappa shape index (κ3) is 7.01. The van der Waals surface area contributed by atoms with Gasteiger partial charge in [0.1, 0.15) is 52.6 Å². The standard InChI is InChI=1S/C18H13F2N5O.C11H17N3O/c1-25-18-15(17(21)22-9-23-18)16(24-25)13-6-5-12(8-14(13)20)26-11-4-2-3-10(19)7-11;1-11(2,13)7-9(8-12)10(15)14-5-3-4-6-14/h2-9H,1H3,(H2,21,22,23);7H,3-6,13H2,1-2H3/b;9-7+. The number of nitrogen functional groups attached to an aromatic ring is 1. The van der Waals surface area contributed by atoms with Crippen LogP contribution in [0.1, 0.15) is 26.7 Å². The molecule has 0 saturated carbocycles. The Morgan fingerprint density at radius 2 is 1.83 bits per heavy atom. The molecule has 212 valence electrons. The lowest BCUT2D eigenvalue weighted by Crippen LogP contribution is -2.33. The van der Waals surface area contributed by atoms with Gasteiger partial charge in [0, 0.05) is 43.4 Å². The van der Waals surface area contributed by atoms with Crippen LogP contribution in [-0.4, -0.2) is 49.2 Å². The number of aryl methyl sites for hydroxylation is 1. The van der Waals surface area contributed by atoms with Gasteiger partial charge in [-0.1, -0.05) is 6.07 Å². The molecular weight excluding hydrogens is 530 g/mol. The quantitative estimate of drug-likeness (QED) is 0.268. The van der Waals surface area contributed by atoms with Crippen molar-refractivity contribution in [3.63, 3.8) is 0 Å². The van der Waals surface area contributed by atoms with Gasteiger partial charge in [0.15, 0.2) is 5.65 Å². The summed E-state index contributed by atoms with van der Waals surface area (Å²) in [6, 6.07) is 11.8. The zero-order valence-corrected chi connectivity index (χ0v) is 22.9. The molecule has 2 aromatic carbocycles. The van der Waals surface area contributed by atoms with Gasteiger partial charge in [-0.3, -0.25) is 4.79 Å². The van der Waals surface area contributed by atoms with Gasteiger partial charge in [0.05, 0.1) is 5.39 Å². The Hall–Kier alpha value is -4.89. The normalized spacial score (nSPS) is 13.5. The second-order valence-corrected chi connectivity index (χ2v) is 10.1. The van der Waals surface area contributed by atoms with E-state index in [-0.39, 0.29) is 34.4 Å². The summed E-state index contributed by atoms with van der Waals surface area (Å²) in [5.74, 6) is -0.442. The van der Waals surface area contributed by atoms with Gasteiger partial charge in [-0.15, -0.1) is 0 Å². The molecule has 0 radical (unpaired) electrons. The second-order valence-electron chi connectivity index (χ2n) is 10.1. The van der Waals surface area contributed by atoms with E-state index in [1.54, 1.807) is 37.9 Å². The molecule has 1 aliphatic rings. The summed E-state index contributed by atoms with van der Waals surface area (Å²) in [7, 11) is 1.69. The van der Waals surface area contributed by atoms with E-state index in [0.717, 1.165) is 25.9 Å². The van der Waals surface area contributed by atoms with E-state index in [1.807, 2.05) is 6.07 Å². The lowest BCUT2D eigenvalue weighted by molar-refractivity contribution is -0.125. The molecule has 4 aromatic rings. The SMILES string of the molecule is CC(C)(N)/C=C(\C#N)C(=O)N1CCCC1.Cn1nc(-c2ccc(Oc3cccc(F)c3)cc2F)c2c(N)ncnc21. The number of halogens is 2. The van der Waals surface area contributed by atoms with Gasteiger partial charge in [-0.05, 0) is 57.0 Å². The fraction of sp³-hybridized carbons (Fsp3) is 0.276. The monoisotopic (exact) mass is 560 g/mol. The third-order valence-corrected chi connectivity index (χ3v) is 6.14. The van der Waals surface area contributed by atoms with Crippen molar-refractivity contribution < 1.29 is 18.3 Å². The van der Waals surface area contributed by atoms with Crippen LogP contribution in [0.2, 0.25) is 0 Å². The number of aromatic nitrogens is 4. The van der Waals surface area contributed by atoms with Crippen molar-refractivity contribution >= 4 is 22.8 Å². The maximum absolute atomic E-state index is 14.7. The first-order chi connectivity index (χ1) is 19.5. The highest BCUT2D eigenvalue weighted by atomic mass is 19.1. The Labute approximate surface area is 235 Å². The number of carbonyl (C=O) groups excluding carboxylic acids is 1. The maximum atomic E-state index is 14.7. The Morgan fingerprint density at radius 1 is 1.12 bits per heavy atom. The zero-order chi connectivity index (χ0) is 29.7. The molecule has 1 saturated heterocycles. The smallest absolute Gasteiger partial charge is 0.264 e. The van der Waals surface area contributed by atoms with Gasteiger partial charge in [-0.2, -0.15) is 10.4 Å². The fourth-order valence-corrected chi connectivity index (χ4v) is 4.32. The molecule has 1 fully saturated rings. The van der Waals surface area contributed by atoms with E-state index in [9.17, 15) is 13.6 Å². The van der Waals surface area contributed by atoms with Crippen molar-refractivity contribution in [2.45, 2.75) is 32.2 Å². The van der Waals surface area contributed by atoms with Crippen molar-refractivity contribution in [3.05, 3.63) is 72.1 Å². The molecule has 10 nitrogen and oxygen atoms in total. The number of amides is 1. The van der Waals surface area contributed by atoms with E-state index in [0.29, 0.717) is 16.7 Å². The zero-order valence-electron chi connectivity index (χ0n) is 22.9. The van der Waals surface area contributed by atoms with E-state index in [4.69, 9.17) is 21.5 Å². The average Bonchev–Trinajstić information content (AvgIpc) is 3.56. The molecule has 0 bridgehead atoms. The minimum Gasteiger partial charge on any atom is -0.457 e. The predicted molar refractivity (Wildman–Crippen MR) is 150 cm³/mol. The first kappa shape index (κ1) is 29.1. The van der Waals surface area contributed by atoms with Crippen molar-refractivity contribution in [2.75, 3.05) is 18.8 Å². The van der Waals surface area contributed by atoms with Gasteiger partial charge >= 0.3 is 0 Å². The predicted octanol–water partition coefficient (Wildman–Crippen LogP) is 4.48. The molecule has 41 heavy (non-hydrogen) atoms. The first-order valence-electron chi connectivity index (χ1n) is 12.8. The van der Waals surface area contributed by atoms with Crippen LogP contribution in [0.15, 0.2) is 60.4 Å². The molecule has 3 heterocycles. The molecule has 4 N–H and O–H groups in total. The number of anilines is 1. The fourth-order valence-electron chi connectivity index (χ4n) is 4.32. The van der Waals surface area contributed by atoms with Crippen LogP contribution in [-0.2, 0) is 11.8 Å². The van der Waals surface area contributed by atoms with Crippen molar-refractivity contribution in [3.8, 4) is 28.8 Å². The number of nitrogens with zero attached hydrogens (tertiary/aromatic N) is 6. The van der Waals surface area contributed by atoms with Gasteiger partial charge < -0.3 is 21.1 Å². The minimum absolute atomic E-state index is 0.157. The molecule has 1 aliphatic heterocycles. The first-order valence-corrected chi connectivity index (χ1v) is 12.8. The Morgan fingerprint density at radius 3 is 2.46 bits per heavy atom. The summed E-state index contributed by atoms with van der Waals surface area (Å²) < 4.78 is 34.9. The number of nitrogens with two attached hydrogens (primary N) is 2. The minimum atomic E-state index is -0.625. The maximum Gasteiger partial charge on any atom is 0.264 e. The Kier molecular flexibility index (Phi) is 8.59. The summed E-state index contributed by atoms with van der Waals surface area (Å²) in [5, 5.41) is 13.7. The molecule has 0 atom stereocenters. The molecule has 2 aromatic heterocycles. The lowest BCUT2D eigenvalue weighted by Gasteiger charge is -2.17. The summed E-state index contributed by atoms with van der Waals surface area (Å²) in [6.07, 6.45) is 4.91. The number of fused-ring (bicyclic) bond motifs is 1. The molecular formula is C29H30F2N8O2. The Bertz CT molecular complexity index is 1650. The molecule has 0 spiro atoms. The molecule has 12 heteroatoms. The van der Waals surface area contributed by atoms with Crippen molar-refractivity contribution in [2.24, 2.45) is 12.8 Å². The van der Waals surface area contributed by atoms with Crippen molar-refractivity contribution in [1.29, 1.82) is 5.26 Å². The highest BCUT2D eigenvalue weighted by Crippen LogP contribution is 2.33. The highest BCUT2D eigenvalue weighted by molar-refractivity contribution is 5.98. The van der Waals surface area contributed by atoms with E-state index >= 15 is 0 Å². The molecule has 0 aliphatic carbocycles. The average molecular weight is 561 g/mol. The number of nitriles is 1. The number of rotatable bonds is 5. The number of hydrogen-bond acceptors (Lipinski definition) is 8. The van der Waals surface area contributed by atoms with Gasteiger partial charge in [0.25, 0.3) is 5.91 Å². The lowest BCUT2D eigenvalue weighted by atomic mass is 10.0. The van der Waals surface area contributed by atoms with E-state index < -0.39 is 17.2 Å². The van der Waals surface area contributed by atoms with Gasteiger partial charge in [-0.25, -0.2) is 23.4 Å². The second kappa shape index (κ2) is 12.1. The number of carbonyl (C=O) groups is 1. The van der Waals surface area contributed by atoms with Crippen LogP contribution in [0.3, 0.4) is 0 Å². The largest absolute Gasteiger partial charge is 0.457 e. The van der Waals surface area contributed by atoms with Crippen LogP contribution < -0.4 is 16.2 Å². The number of benzene rings is 2. The molecule has 0 unspecified atom stereocenters. The number of hydrogen-bond donors (Lipinski definition) is 2. The Balaban J connectivity index is 0.000000221. The summed E-state index contributed by atoms with van der Waals surface area (Å²) in [5.41, 5.74) is 12.3. The summed E-state index contributed by atoms with van der Waals surface area (Å²) in [6.45, 7) is 5.04. The van der Waals surface area contributed by atoms with Crippen LogP contribution in [0.25, 0.3) is 22.3 Å². The third-order valence-electron chi connectivity index (χ3n) is 6.14. The number of likely N-dealkylation sites (tertiary alicyclic amines) is 1. The highest BCUT2D eigenvalue weighted by Gasteiger charge is 2.23. The van der Waals surface area contributed by atoms with Gasteiger partial charge in [0.2, 0.25) is 0 Å². The van der Waals surface area contributed by atoms with Crippen molar-refractivity contribution in [1.82, 2.24) is 24.6 Å². The van der Waals surface area contributed by atoms with Crippen LogP contribution in [0.4, 0.5) is 14.6 Å². The topological polar surface area (TPSA) is 149 Å². The summed E-state index contributed by atoms with van der Waals surface area (Å²) >= 11 is 0. The van der Waals surface area contributed by atoms with Crippen LogP contribution >= 0.6 is 0 Å². The van der Waals surface area contributed by atoms with Crippen LogP contribution in [0.5, 0.6) is 11.5 Å². The summed E-state index contributed by atoms with van der Waals surface area (Å²) in [4.78, 5) is 21.6. The number of ether oxygens (including phenoxy) is 1. The molecule has 5 rings (SSSR count). The molecule has 1 amide bonds. The van der Waals surface area contributed by atoms with Crippen LogP contribution in [0, 0.1) is 23.0 Å².